The summed E-state index contributed by atoms with van der Waals surface area (Å²) in [5, 5.41) is 10.6. The molecule has 0 atom stereocenters. The zero-order valence-corrected chi connectivity index (χ0v) is 10.9. The number of hydrogen-bond donors (Lipinski definition) is 1. The van der Waals surface area contributed by atoms with Crippen molar-refractivity contribution in [2.75, 3.05) is 14.2 Å². The molecule has 0 aliphatic carbocycles. The number of halogens is 1. The van der Waals surface area contributed by atoms with E-state index in [1.165, 1.54) is 14.2 Å². The zero-order valence-electron chi connectivity index (χ0n) is 10.1. The van der Waals surface area contributed by atoms with Gasteiger partial charge in [-0.1, -0.05) is 23.7 Å². The minimum Gasteiger partial charge on any atom is -0.504 e. The summed E-state index contributed by atoms with van der Waals surface area (Å²) in [4.78, 5) is 0. The number of rotatable bonds is 3. The van der Waals surface area contributed by atoms with Gasteiger partial charge in [-0.2, -0.15) is 0 Å². The number of ether oxygens (including phenoxy) is 2. The van der Waals surface area contributed by atoms with Gasteiger partial charge in [0.15, 0.2) is 11.5 Å². The van der Waals surface area contributed by atoms with E-state index in [9.17, 15) is 5.11 Å². The standard InChI is InChI=1S/C14H13ClO3/c1-17-13-8-10(7-12(16)14(13)18-2)9-3-5-11(15)6-4-9/h3-8,16H,1-2H3. The van der Waals surface area contributed by atoms with Crippen LogP contribution in [0.15, 0.2) is 36.4 Å². The fourth-order valence-corrected chi connectivity index (χ4v) is 1.88. The third-order valence-electron chi connectivity index (χ3n) is 2.64. The van der Waals surface area contributed by atoms with Gasteiger partial charge in [0.1, 0.15) is 0 Å². The van der Waals surface area contributed by atoms with Gasteiger partial charge in [0, 0.05) is 5.02 Å². The van der Waals surface area contributed by atoms with Crippen LogP contribution in [0.2, 0.25) is 5.02 Å². The predicted molar refractivity (Wildman–Crippen MR) is 71.7 cm³/mol. The lowest BCUT2D eigenvalue weighted by molar-refractivity contribution is 0.333. The first-order valence-electron chi connectivity index (χ1n) is 5.36. The third kappa shape index (κ3) is 2.36. The van der Waals surface area contributed by atoms with E-state index < -0.39 is 0 Å². The second kappa shape index (κ2) is 5.19. The first kappa shape index (κ1) is 12.6. The molecular formula is C14H13ClO3. The van der Waals surface area contributed by atoms with Crippen molar-refractivity contribution in [2.45, 2.75) is 0 Å². The highest BCUT2D eigenvalue weighted by Crippen LogP contribution is 2.40. The molecule has 0 aromatic heterocycles. The second-order valence-electron chi connectivity index (χ2n) is 3.74. The molecule has 0 aliphatic heterocycles. The lowest BCUT2D eigenvalue weighted by Gasteiger charge is -2.11. The van der Waals surface area contributed by atoms with E-state index in [0.29, 0.717) is 16.5 Å². The van der Waals surface area contributed by atoms with Crippen molar-refractivity contribution in [3.05, 3.63) is 41.4 Å². The number of methoxy groups -OCH3 is 2. The van der Waals surface area contributed by atoms with Gasteiger partial charge in [-0.3, -0.25) is 0 Å². The van der Waals surface area contributed by atoms with Crippen molar-refractivity contribution in [3.63, 3.8) is 0 Å². The smallest absolute Gasteiger partial charge is 0.203 e. The van der Waals surface area contributed by atoms with Gasteiger partial charge >= 0.3 is 0 Å². The number of phenols is 1. The maximum atomic E-state index is 9.89. The molecule has 3 nitrogen and oxygen atoms in total. The summed E-state index contributed by atoms with van der Waals surface area (Å²) >= 11 is 5.84. The van der Waals surface area contributed by atoms with Crippen LogP contribution in [0, 0.1) is 0 Å². The van der Waals surface area contributed by atoms with E-state index in [4.69, 9.17) is 21.1 Å². The molecule has 2 aromatic rings. The fourth-order valence-electron chi connectivity index (χ4n) is 1.75. The highest BCUT2D eigenvalue weighted by atomic mass is 35.5. The van der Waals surface area contributed by atoms with Crippen LogP contribution in [0.4, 0.5) is 0 Å². The molecular weight excluding hydrogens is 252 g/mol. The van der Waals surface area contributed by atoms with Crippen molar-refractivity contribution >= 4 is 11.6 Å². The van der Waals surface area contributed by atoms with Gasteiger partial charge in [0.2, 0.25) is 5.75 Å². The Labute approximate surface area is 111 Å². The van der Waals surface area contributed by atoms with Crippen molar-refractivity contribution in [3.8, 4) is 28.4 Å². The summed E-state index contributed by atoms with van der Waals surface area (Å²) in [7, 11) is 3.02. The molecule has 18 heavy (non-hydrogen) atoms. The van der Waals surface area contributed by atoms with Crippen LogP contribution in [0.25, 0.3) is 11.1 Å². The van der Waals surface area contributed by atoms with Crippen LogP contribution in [0.5, 0.6) is 17.2 Å². The first-order chi connectivity index (χ1) is 8.65. The van der Waals surface area contributed by atoms with E-state index in [-0.39, 0.29) is 5.75 Å². The largest absolute Gasteiger partial charge is 0.504 e. The minimum absolute atomic E-state index is 0.0433. The highest BCUT2D eigenvalue weighted by molar-refractivity contribution is 6.30. The van der Waals surface area contributed by atoms with Crippen LogP contribution >= 0.6 is 11.6 Å². The molecule has 94 valence electrons. The van der Waals surface area contributed by atoms with Crippen LogP contribution in [-0.2, 0) is 0 Å². The Bertz CT molecular complexity index is 550. The number of benzene rings is 2. The molecule has 4 heteroatoms. The van der Waals surface area contributed by atoms with E-state index in [1.807, 2.05) is 18.2 Å². The molecule has 0 amide bonds. The number of hydrogen-bond acceptors (Lipinski definition) is 3. The Morgan fingerprint density at radius 3 is 2.17 bits per heavy atom. The molecule has 0 saturated carbocycles. The summed E-state index contributed by atoms with van der Waals surface area (Å²) in [6.45, 7) is 0. The predicted octanol–water partition coefficient (Wildman–Crippen LogP) is 3.73. The van der Waals surface area contributed by atoms with Crippen LogP contribution < -0.4 is 9.47 Å². The Kier molecular flexibility index (Phi) is 3.63. The van der Waals surface area contributed by atoms with Gasteiger partial charge in [-0.05, 0) is 35.4 Å². The summed E-state index contributed by atoms with van der Waals surface area (Å²) in [6.07, 6.45) is 0. The Hall–Kier alpha value is -1.87. The Balaban J connectivity index is 2.52. The Morgan fingerprint density at radius 1 is 0.944 bits per heavy atom. The maximum absolute atomic E-state index is 9.89. The zero-order chi connectivity index (χ0) is 13.1. The molecule has 0 unspecified atom stereocenters. The molecule has 0 aliphatic rings. The Morgan fingerprint density at radius 2 is 1.61 bits per heavy atom. The lowest BCUT2D eigenvalue weighted by Crippen LogP contribution is -1.91. The van der Waals surface area contributed by atoms with Crippen molar-refractivity contribution in [1.29, 1.82) is 0 Å². The molecule has 0 fully saturated rings. The van der Waals surface area contributed by atoms with Crippen LogP contribution in [0.1, 0.15) is 0 Å². The van der Waals surface area contributed by atoms with Crippen molar-refractivity contribution in [1.82, 2.24) is 0 Å². The van der Waals surface area contributed by atoms with E-state index in [1.54, 1.807) is 18.2 Å². The number of phenolic OH excluding ortho intramolecular Hbond substituents is 1. The van der Waals surface area contributed by atoms with Gasteiger partial charge in [0.05, 0.1) is 14.2 Å². The first-order valence-corrected chi connectivity index (χ1v) is 5.74. The molecule has 0 bridgehead atoms. The van der Waals surface area contributed by atoms with Crippen molar-refractivity contribution in [2.24, 2.45) is 0 Å². The average molecular weight is 265 g/mol. The molecule has 0 saturated heterocycles. The molecule has 0 heterocycles. The summed E-state index contributed by atoms with van der Waals surface area (Å²) in [5.74, 6) is 0.861. The fraction of sp³-hybridized carbons (Fsp3) is 0.143. The van der Waals surface area contributed by atoms with E-state index >= 15 is 0 Å². The third-order valence-corrected chi connectivity index (χ3v) is 2.89. The normalized spacial score (nSPS) is 10.2. The molecule has 1 N–H and O–H groups in total. The molecule has 0 radical (unpaired) electrons. The van der Waals surface area contributed by atoms with Gasteiger partial charge in [0.25, 0.3) is 0 Å². The lowest BCUT2D eigenvalue weighted by atomic mass is 10.0. The van der Waals surface area contributed by atoms with Gasteiger partial charge in [-0.15, -0.1) is 0 Å². The summed E-state index contributed by atoms with van der Waals surface area (Å²) < 4.78 is 10.3. The molecule has 0 spiro atoms. The average Bonchev–Trinajstić information content (AvgIpc) is 2.38. The van der Waals surface area contributed by atoms with Crippen LogP contribution in [-0.4, -0.2) is 19.3 Å². The van der Waals surface area contributed by atoms with Crippen molar-refractivity contribution < 1.29 is 14.6 Å². The van der Waals surface area contributed by atoms with Gasteiger partial charge < -0.3 is 14.6 Å². The van der Waals surface area contributed by atoms with Crippen LogP contribution in [0.3, 0.4) is 0 Å². The van der Waals surface area contributed by atoms with Gasteiger partial charge in [-0.25, -0.2) is 0 Å². The maximum Gasteiger partial charge on any atom is 0.203 e. The topological polar surface area (TPSA) is 38.7 Å². The summed E-state index contributed by atoms with van der Waals surface area (Å²) in [5.41, 5.74) is 1.78. The number of aromatic hydroxyl groups is 1. The molecule has 2 rings (SSSR count). The monoisotopic (exact) mass is 264 g/mol. The minimum atomic E-state index is 0.0433. The quantitative estimate of drug-likeness (QED) is 0.918. The molecule has 2 aromatic carbocycles. The highest BCUT2D eigenvalue weighted by Gasteiger charge is 2.12. The van der Waals surface area contributed by atoms with E-state index in [2.05, 4.69) is 0 Å². The second-order valence-corrected chi connectivity index (χ2v) is 4.17. The summed E-state index contributed by atoms with van der Waals surface area (Å²) in [6, 6.07) is 10.8. The SMILES string of the molecule is COc1cc(-c2ccc(Cl)cc2)cc(O)c1OC. The van der Waals surface area contributed by atoms with E-state index in [0.717, 1.165) is 11.1 Å².